The monoisotopic (exact) mass is 221 g/mol. The molecule has 16 heavy (non-hydrogen) atoms. The molecule has 5 nitrogen and oxygen atoms in total. The molecule has 0 aliphatic carbocycles. The molecule has 0 unspecified atom stereocenters. The second-order valence-electron chi connectivity index (χ2n) is 3.77. The summed E-state index contributed by atoms with van der Waals surface area (Å²) < 4.78 is 5.38. The molecule has 0 saturated carbocycles. The number of hydrogen-bond donors (Lipinski definition) is 0. The Morgan fingerprint density at radius 2 is 2.25 bits per heavy atom. The fraction of sp³-hybridized carbons (Fsp3) is 0.364. The maximum atomic E-state index is 10.9. The molecule has 0 aromatic heterocycles. The normalized spacial score (nSPS) is 23.0. The topological polar surface area (TPSA) is 69.4 Å². The molecular formula is C11H11NO4. The molecule has 0 saturated heterocycles. The molecule has 1 aliphatic rings. The zero-order valence-electron chi connectivity index (χ0n) is 8.54. The van der Waals surface area contributed by atoms with E-state index in [9.17, 15) is 14.9 Å². The van der Waals surface area contributed by atoms with Gasteiger partial charge in [0.1, 0.15) is 12.0 Å². The first-order valence-corrected chi connectivity index (χ1v) is 5.01. The molecule has 1 aliphatic heterocycles. The van der Waals surface area contributed by atoms with Crippen molar-refractivity contribution in [3.63, 3.8) is 0 Å². The zero-order chi connectivity index (χ0) is 11.5. The van der Waals surface area contributed by atoms with Gasteiger partial charge in [0.2, 0.25) is 6.54 Å². The number of para-hydroxylation sites is 1. The Hall–Kier alpha value is -1.91. The van der Waals surface area contributed by atoms with Crippen molar-refractivity contribution >= 4 is 6.29 Å². The first kappa shape index (κ1) is 10.6. The van der Waals surface area contributed by atoms with Crippen molar-refractivity contribution in [3.8, 4) is 5.75 Å². The van der Waals surface area contributed by atoms with E-state index in [4.69, 9.17) is 4.74 Å². The number of rotatable bonds is 3. The van der Waals surface area contributed by atoms with E-state index in [1.54, 1.807) is 18.2 Å². The highest BCUT2D eigenvalue weighted by molar-refractivity contribution is 5.58. The van der Waals surface area contributed by atoms with E-state index >= 15 is 0 Å². The fourth-order valence-electron chi connectivity index (χ4n) is 1.98. The Balaban J connectivity index is 2.36. The summed E-state index contributed by atoms with van der Waals surface area (Å²) >= 11 is 0. The van der Waals surface area contributed by atoms with E-state index in [2.05, 4.69) is 0 Å². The quantitative estimate of drug-likeness (QED) is 0.437. The van der Waals surface area contributed by atoms with Gasteiger partial charge in [-0.1, -0.05) is 18.2 Å². The molecule has 0 spiro atoms. The second-order valence-corrected chi connectivity index (χ2v) is 3.77. The van der Waals surface area contributed by atoms with Crippen molar-refractivity contribution in [2.75, 3.05) is 13.2 Å². The molecule has 1 heterocycles. The first-order valence-electron chi connectivity index (χ1n) is 5.01. The molecule has 2 atom stereocenters. The van der Waals surface area contributed by atoms with Crippen LogP contribution in [0.4, 0.5) is 0 Å². The number of carbonyl (C=O) groups is 1. The molecule has 0 amide bonds. The standard InChI is InChI=1S/C11H11NO4/c13-6-8-7-16-11-4-2-1-3-9(11)10(8)5-12(14)15/h1-4,6,8,10H,5,7H2/t8-,10+/m0/s1. The molecule has 0 fully saturated rings. The van der Waals surface area contributed by atoms with Gasteiger partial charge < -0.3 is 9.53 Å². The molecule has 5 heteroatoms. The number of carbonyl (C=O) groups excluding carboxylic acids is 1. The molecule has 0 N–H and O–H groups in total. The van der Waals surface area contributed by atoms with Gasteiger partial charge in [0.05, 0.1) is 18.4 Å². The van der Waals surface area contributed by atoms with Crippen molar-refractivity contribution in [3.05, 3.63) is 39.9 Å². The number of hydrogen-bond acceptors (Lipinski definition) is 4. The van der Waals surface area contributed by atoms with Crippen LogP contribution in [0.2, 0.25) is 0 Å². The SMILES string of the molecule is O=C[C@H]1COc2ccccc2[C@@H]1C[N+](=O)[O-]. The van der Waals surface area contributed by atoms with Gasteiger partial charge in [-0.2, -0.15) is 0 Å². The van der Waals surface area contributed by atoms with Crippen LogP contribution in [0.15, 0.2) is 24.3 Å². The van der Waals surface area contributed by atoms with Crippen molar-refractivity contribution < 1.29 is 14.5 Å². The van der Waals surface area contributed by atoms with Crippen LogP contribution in [0.5, 0.6) is 5.75 Å². The minimum atomic E-state index is -0.430. The summed E-state index contributed by atoms with van der Waals surface area (Å²) in [5, 5.41) is 10.6. The third-order valence-corrected chi connectivity index (χ3v) is 2.79. The first-order chi connectivity index (χ1) is 7.72. The molecule has 1 aromatic carbocycles. The minimum Gasteiger partial charge on any atom is -0.493 e. The third kappa shape index (κ3) is 1.88. The van der Waals surface area contributed by atoms with Crippen molar-refractivity contribution in [1.29, 1.82) is 0 Å². The zero-order valence-corrected chi connectivity index (χ0v) is 8.54. The predicted molar refractivity (Wildman–Crippen MR) is 56.1 cm³/mol. The van der Waals surface area contributed by atoms with E-state index in [0.717, 1.165) is 11.8 Å². The van der Waals surface area contributed by atoms with E-state index in [-0.39, 0.29) is 24.0 Å². The minimum absolute atomic E-state index is 0.221. The molecule has 84 valence electrons. The van der Waals surface area contributed by atoms with Crippen molar-refractivity contribution in [2.45, 2.75) is 5.92 Å². The second kappa shape index (κ2) is 4.30. The maximum absolute atomic E-state index is 10.9. The summed E-state index contributed by atoms with van der Waals surface area (Å²) in [7, 11) is 0. The van der Waals surface area contributed by atoms with Crippen LogP contribution in [-0.4, -0.2) is 24.4 Å². The third-order valence-electron chi connectivity index (χ3n) is 2.79. The van der Waals surface area contributed by atoms with E-state index in [0.29, 0.717) is 5.75 Å². The molecule has 0 radical (unpaired) electrons. The van der Waals surface area contributed by atoms with E-state index in [1.165, 1.54) is 0 Å². The van der Waals surface area contributed by atoms with E-state index in [1.807, 2.05) is 6.07 Å². The largest absolute Gasteiger partial charge is 0.493 e. The number of fused-ring (bicyclic) bond motifs is 1. The van der Waals surface area contributed by atoms with E-state index < -0.39 is 5.92 Å². The highest BCUT2D eigenvalue weighted by Crippen LogP contribution is 2.36. The average Bonchev–Trinajstić information content (AvgIpc) is 2.29. The average molecular weight is 221 g/mol. The Kier molecular flexibility index (Phi) is 2.85. The summed E-state index contributed by atoms with van der Waals surface area (Å²) in [6, 6.07) is 7.15. The maximum Gasteiger partial charge on any atom is 0.211 e. The lowest BCUT2D eigenvalue weighted by atomic mass is 9.85. The van der Waals surface area contributed by atoms with Gasteiger partial charge in [-0.3, -0.25) is 10.1 Å². The fourth-order valence-corrected chi connectivity index (χ4v) is 1.98. The van der Waals surface area contributed by atoms with Crippen molar-refractivity contribution in [1.82, 2.24) is 0 Å². The van der Waals surface area contributed by atoms with Crippen LogP contribution < -0.4 is 4.74 Å². The predicted octanol–water partition coefficient (Wildman–Crippen LogP) is 1.25. The lowest BCUT2D eigenvalue weighted by molar-refractivity contribution is -0.484. The lowest BCUT2D eigenvalue weighted by Gasteiger charge is -2.27. The van der Waals surface area contributed by atoms with Crippen LogP contribution in [0.1, 0.15) is 11.5 Å². The van der Waals surface area contributed by atoms with Gasteiger partial charge in [-0.15, -0.1) is 0 Å². The van der Waals surface area contributed by atoms with Gasteiger partial charge in [-0.05, 0) is 6.07 Å². The summed E-state index contributed by atoms with van der Waals surface area (Å²) in [4.78, 5) is 21.1. The highest BCUT2D eigenvalue weighted by Gasteiger charge is 2.34. The Morgan fingerprint density at radius 3 is 2.94 bits per heavy atom. The summed E-state index contributed by atoms with van der Waals surface area (Å²) in [6.45, 7) is -0.0111. The molecule has 2 rings (SSSR count). The van der Waals surface area contributed by atoms with Crippen LogP contribution in [-0.2, 0) is 4.79 Å². The number of ether oxygens (including phenoxy) is 1. The Labute approximate surface area is 92.2 Å². The Morgan fingerprint density at radius 1 is 1.50 bits per heavy atom. The van der Waals surface area contributed by atoms with Gasteiger partial charge in [0.15, 0.2) is 0 Å². The highest BCUT2D eigenvalue weighted by atomic mass is 16.6. The van der Waals surface area contributed by atoms with Crippen LogP contribution >= 0.6 is 0 Å². The van der Waals surface area contributed by atoms with Crippen LogP contribution in [0, 0.1) is 16.0 Å². The Bertz CT molecular complexity index is 418. The smallest absolute Gasteiger partial charge is 0.211 e. The summed E-state index contributed by atoms with van der Waals surface area (Å²) in [5.74, 6) is -0.162. The summed E-state index contributed by atoms with van der Waals surface area (Å²) in [6.07, 6.45) is 0.740. The van der Waals surface area contributed by atoms with Gasteiger partial charge in [0, 0.05) is 10.5 Å². The number of nitro groups is 1. The molecular weight excluding hydrogens is 210 g/mol. The van der Waals surface area contributed by atoms with Gasteiger partial charge in [-0.25, -0.2) is 0 Å². The van der Waals surface area contributed by atoms with Gasteiger partial charge in [0.25, 0.3) is 0 Å². The number of benzene rings is 1. The van der Waals surface area contributed by atoms with Crippen molar-refractivity contribution in [2.24, 2.45) is 5.92 Å². The molecule has 0 bridgehead atoms. The van der Waals surface area contributed by atoms with Crippen LogP contribution in [0.3, 0.4) is 0 Å². The van der Waals surface area contributed by atoms with Crippen LogP contribution in [0.25, 0.3) is 0 Å². The summed E-state index contributed by atoms with van der Waals surface area (Å²) in [5.41, 5.74) is 0.752. The molecule has 1 aromatic rings. The number of aldehydes is 1. The van der Waals surface area contributed by atoms with Gasteiger partial charge >= 0.3 is 0 Å². The number of nitrogens with zero attached hydrogens (tertiary/aromatic N) is 1. The lowest BCUT2D eigenvalue weighted by Crippen LogP contribution is -2.31.